The topological polar surface area (TPSA) is 111 Å². The molecule has 0 fully saturated rings. The third kappa shape index (κ3) is 29.5. The molecule has 0 atom stereocenters. The van der Waals surface area contributed by atoms with Gasteiger partial charge in [-0.3, -0.25) is 0 Å². The maximum Gasteiger partial charge on any atom is 0.186 e. The van der Waals surface area contributed by atoms with E-state index in [2.05, 4.69) is 95.6 Å². The molecule has 6 aromatic rings. The van der Waals surface area contributed by atoms with Crippen LogP contribution in [0.3, 0.4) is 0 Å². The summed E-state index contributed by atoms with van der Waals surface area (Å²) in [6.45, 7) is 35.1. The van der Waals surface area contributed by atoms with Gasteiger partial charge < -0.3 is 56.8 Å². The minimum atomic E-state index is -0.230. The number of thiophene rings is 6. The molecule has 6 aliphatic heterocycles. The third-order valence-corrected chi connectivity index (χ3v) is 41.2. The highest BCUT2D eigenvalue weighted by atomic mass is 32.2. The van der Waals surface area contributed by atoms with Crippen LogP contribution in [0.1, 0.15) is 468 Å². The van der Waals surface area contributed by atoms with Crippen molar-refractivity contribution in [2.75, 3.05) is 91.8 Å². The Hall–Kier alpha value is -3.50. The van der Waals surface area contributed by atoms with Gasteiger partial charge in [0, 0.05) is 32.5 Å². The number of hydrogen-bond donors (Lipinski definition) is 0. The van der Waals surface area contributed by atoms with E-state index in [4.69, 9.17) is 56.8 Å². The Labute approximate surface area is 860 Å². The molecule has 6 aromatic heterocycles. The van der Waals surface area contributed by atoms with E-state index >= 15 is 0 Å². The van der Waals surface area contributed by atoms with Crippen molar-refractivity contribution in [2.24, 2.45) is 32.5 Å². The molecule has 770 valence electrons. The van der Waals surface area contributed by atoms with E-state index in [1.165, 1.54) is 257 Å². The lowest BCUT2D eigenvalue weighted by atomic mass is 9.79. The first-order valence-electron chi connectivity index (χ1n) is 56.3. The van der Waals surface area contributed by atoms with Gasteiger partial charge in [-0.05, 0) is 89.6 Å². The second-order valence-electron chi connectivity index (χ2n) is 43.0. The Balaban J connectivity index is 1.12. The molecule has 6 aliphatic rings. The monoisotopic (exact) mass is 2030 g/mol. The normalized spacial score (nSPS) is 17.1. The number of thioether (sulfide) groups is 2. The van der Waals surface area contributed by atoms with Crippen molar-refractivity contribution < 1.29 is 56.8 Å². The fourth-order valence-electron chi connectivity index (χ4n) is 22.2. The van der Waals surface area contributed by atoms with Gasteiger partial charge in [0.1, 0.15) is 8.42 Å². The van der Waals surface area contributed by atoms with Gasteiger partial charge >= 0.3 is 0 Å². The molecule has 0 saturated heterocycles. The molecule has 0 bridgehead atoms. The highest BCUT2D eigenvalue weighted by molar-refractivity contribution is 8.01. The molecule has 0 radical (unpaired) electrons. The summed E-state index contributed by atoms with van der Waals surface area (Å²) in [4.78, 5) is 10.4. The van der Waals surface area contributed by atoms with E-state index in [-0.39, 0.29) is 32.5 Å². The number of ether oxygens (including phenoxy) is 12. The van der Waals surface area contributed by atoms with Crippen LogP contribution in [-0.2, 0) is 0 Å². The van der Waals surface area contributed by atoms with Crippen molar-refractivity contribution >= 4 is 91.5 Å². The van der Waals surface area contributed by atoms with Crippen molar-refractivity contribution in [1.82, 2.24) is 0 Å². The summed E-state index contributed by atoms with van der Waals surface area (Å²) in [5.41, 5.74) is -1.05. The zero-order chi connectivity index (χ0) is 95.9. The molecular weight excluding hydrogens is 1840 g/mol. The lowest BCUT2D eigenvalue weighted by molar-refractivity contribution is 0.0775. The quantitative estimate of drug-likeness (QED) is 0.0267. The molecule has 0 N–H and O–H groups in total. The van der Waals surface area contributed by atoms with Gasteiger partial charge in [0.2, 0.25) is 0 Å². The molecular formula is C116H186O12S8. The Morgan fingerprint density at radius 1 is 0.154 bits per heavy atom. The number of rotatable bonds is 67. The summed E-state index contributed by atoms with van der Waals surface area (Å²) < 4.78 is 96.5. The third-order valence-electron chi connectivity index (χ3n) is 31.3. The van der Waals surface area contributed by atoms with E-state index in [0.717, 1.165) is 255 Å². The predicted molar refractivity (Wildman–Crippen MR) is 590 cm³/mol. The van der Waals surface area contributed by atoms with E-state index in [1.54, 1.807) is 23.5 Å². The molecule has 20 heteroatoms. The zero-order valence-electron chi connectivity index (χ0n) is 88.1. The van der Waals surface area contributed by atoms with Crippen LogP contribution in [0.5, 0.6) is 69.0 Å². The summed E-state index contributed by atoms with van der Waals surface area (Å²) in [5.74, 6) is 10.0. The first kappa shape index (κ1) is 111. The first-order valence-corrected chi connectivity index (χ1v) is 63.7. The Morgan fingerprint density at radius 3 is 0.382 bits per heavy atom. The standard InChI is InChI=1S/C116H186O12S8/c1-15-27-39-51-63-111(64-52-40-28-16-2)75-117-87-89(119-77-111)101(103-91-93(123-81-113(79-121-91,67-55-43-31-19-5)68-56-44-32-20-6)105(133-103)107-95-97(109(129-13)135-107)127-85-115(83-125-95,71-59-47-35-23-9)72-60-48-36-24-10)131-99(87)100-88-90(120-78-112(76-118-88,65-53-41-29-17-3)66-54-42-30-18-4)102(132-100)104-92-94(124-82-114(80-122-92,69-57-45-33-21-7)70-58-46-34-22-8)106(134-104)108-96-98(110(130-14)136-108)128-86-116(84-126-96,73-61-49-37-25-11)74-62-50-38-26-12/h15-86H2,1-14H3. The molecule has 0 unspecified atom stereocenters. The van der Waals surface area contributed by atoms with Crippen molar-refractivity contribution in [3.05, 3.63) is 0 Å². The molecule has 12 rings (SSSR count). The van der Waals surface area contributed by atoms with Crippen LogP contribution >= 0.6 is 91.5 Å². The van der Waals surface area contributed by atoms with Crippen LogP contribution in [0.2, 0.25) is 0 Å². The van der Waals surface area contributed by atoms with E-state index in [0.29, 0.717) is 79.3 Å². The molecule has 0 saturated carbocycles. The van der Waals surface area contributed by atoms with E-state index < -0.39 is 0 Å². The second kappa shape index (κ2) is 58.0. The van der Waals surface area contributed by atoms with Gasteiger partial charge in [-0.15, -0.1) is 91.5 Å². The zero-order valence-corrected chi connectivity index (χ0v) is 94.6. The molecule has 136 heavy (non-hydrogen) atoms. The lowest BCUT2D eigenvalue weighted by Gasteiger charge is -2.32. The average Bonchev–Trinajstić information content (AvgIpc) is 1.56. The summed E-state index contributed by atoms with van der Waals surface area (Å²) >= 11 is 14.4. The van der Waals surface area contributed by atoms with Crippen LogP contribution in [0.4, 0.5) is 0 Å². The largest absolute Gasteiger partial charge is 0.487 e. The molecule has 12 heterocycles. The molecule has 0 spiro atoms. The minimum absolute atomic E-state index is 0.0988. The minimum Gasteiger partial charge on any atom is -0.487 e. The van der Waals surface area contributed by atoms with Crippen LogP contribution in [0, 0.1) is 32.5 Å². The maximum absolute atomic E-state index is 8.09. The summed E-state index contributed by atoms with van der Waals surface area (Å²) in [7, 11) is 0. The van der Waals surface area contributed by atoms with Crippen LogP contribution in [0.25, 0.3) is 48.8 Å². The Kier molecular flexibility index (Phi) is 47.5. The highest BCUT2D eigenvalue weighted by Gasteiger charge is 2.49. The number of fused-ring (bicyclic) bond motifs is 6. The molecule has 0 aliphatic carbocycles. The summed E-state index contributed by atoms with van der Waals surface area (Å²) in [5, 5.41) is 0. The van der Waals surface area contributed by atoms with Crippen molar-refractivity contribution in [3.63, 3.8) is 0 Å². The van der Waals surface area contributed by atoms with Gasteiger partial charge in [0.15, 0.2) is 69.0 Å². The average molecular weight is 2030 g/mol. The summed E-state index contributed by atoms with van der Waals surface area (Å²) in [6, 6.07) is 0. The van der Waals surface area contributed by atoms with Gasteiger partial charge in [0.25, 0.3) is 0 Å². The van der Waals surface area contributed by atoms with Crippen LogP contribution < -0.4 is 56.8 Å². The Morgan fingerprint density at radius 2 is 0.265 bits per heavy atom. The first-order chi connectivity index (χ1) is 66.7. The van der Waals surface area contributed by atoms with Crippen molar-refractivity contribution in [1.29, 1.82) is 0 Å². The van der Waals surface area contributed by atoms with Crippen LogP contribution in [-0.4, -0.2) is 91.8 Å². The predicted octanol–water partition coefficient (Wildman–Crippen LogP) is 40.0. The maximum atomic E-state index is 8.09. The fourth-order valence-corrected chi connectivity index (χ4v) is 31.3. The number of unbranched alkanes of at least 4 members (excludes halogenated alkanes) is 36. The van der Waals surface area contributed by atoms with Crippen molar-refractivity contribution in [3.8, 4) is 118 Å². The van der Waals surface area contributed by atoms with Gasteiger partial charge in [-0.1, -0.05) is 391 Å². The SMILES string of the molecule is CCCCCCC1(CCCCCC)COc2c(SC)sc(-c3sc(-c4sc(-c5sc(-c6sc(-c7sc(SC)c8c7OCC(CCCCCC)(CCCCCC)CO8)c7c6OCC(CCCCCC)(CCCCCC)CO7)c6c5OCC(CCCCCC)(CCCCCC)CO6)c5c4OCC(CCCCCC)(CCCCCC)CO5)c4c3OCC(CCCCCC)(CCCCCC)CO4)c2OC1. The second-order valence-corrected chi connectivity index (χ2v) is 51.3. The van der Waals surface area contributed by atoms with E-state index in [9.17, 15) is 0 Å². The Bertz CT molecular complexity index is 4050. The van der Waals surface area contributed by atoms with Crippen LogP contribution in [0.15, 0.2) is 8.42 Å². The van der Waals surface area contributed by atoms with E-state index in [1.807, 2.05) is 68.0 Å². The lowest BCUT2D eigenvalue weighted by Crippen LogP contribution is -2.34. The highest BCUT2D eigenvalue weighted by Crippen LogP contribution is 2.71. The van der Waals surface area contributed by atoms with Gasteiger partial charge in [-0.25, -0.2) is 0 Å². The molecule has 0 aromatic carbocycles. The summed E-state index contributed by atoms with van der Waals surface area (Å²) in [6.07, 6.45) is 74.8. The fraction of sp³-hybridized carbons (Fsp3) is 0.793. The van der Waals surface area contributed by atoms with Gasteiger partial charge in [-0.2, -0.15) is 0 Å². The van der Waals surface area contributed by atoms with Gasteiger partial charge in [0.05, 0.1) is 128 Å². The smallest absolute Gasteiger partial charge is 0.186 e. The molecule has 0 amide bonds. The molecule has 12 nitrogen and oxygen atoms in total. The van der Waals surface area contributed by atoms with Crippen molar-refractivity contribution in [2.45, 2.75) is 477 Å². The number of hydrogen-bond acceptors (Lipinski definition) is 20.